The molecule has 33 heavy (non-hydrogen) atoms. The molecule has 0 unspecified atom stereocenters. The average molecular weight is 506 g/mol. The maximum atomic E-state index is 14.1. The molecule has 1 fully saturated rings. The SMILES string of the molecule is Cc1cc(Cl)ccc1CNC(=O)c1csc(C2CCN(C(=O)c3c(F)cccc3Cl)CC2)n1. The predicted octanol–water partition coefficient (Wildman–Crippen LogP) is 5.85. The van der Waals surface area contributed by atoms with E-state index in [9.17, 15) is 14.0 Å². The molecule has 2 heterocycles. The molecule has 0 spiro atoms. The van der Waals surface area contributed by atoms with Gasteiger partial charge in [-0.15, -0.1) is 11.3 Å². The van der Waals surface area contributed by atoms with Crippen molar-refractivity contribution in [3.8, 4) is 0 Å². The first kappa shape index (κ1) is 23.7. The highest BCUT2D eigenvalue weighted by atomic mass is 35.5. The maximum absolute atomic E-state index is 14.1. The second kappa shape index (κ2) is 10.2. The number of aromatic nitrogens is 1. The molecular weight excluding hydrogens is 484 g/mol. The molecule has 4 rings (SSSR count). The van der Waals surface area contributed by atoms with Crippen LogP contribution in [-0.2, 0) is 6.54 Å². The third-order valence-corrected chi connectivity index (χ3v) is 7.36. The van der Waals surface area contributed by atoms with Gasteiger partial charge in [-0.3, -0.25) is 9.59 Å². The van der Waals surface area contributed by atoms with Crippen LogP contribution in [0.15, 0.2) is 41.8 Å². The molecule has 172 valence electrons. The number of thiazole rings is 1. The van der Waals surface area contributed by atoms with Crippen LogP contribution in [0.3, 0.4) is 0 Å². The number of carbonyl (C=O) groups is 2. The highest BCUT2D eigenvalue weighted by Gasteiger charge is 2.29. The fourth-order valence-electron chi connectivity index (χ4n) is 3.89. The minimum absolute atomic E-state index is 0.0817. The second-order valence-corrected chi connectivity index (χ2v) is 9.72. The number of aryl methyl sites for hydroxylation is 1. The van der Waals surface area contributed by atoms with E-state index >= 15 is 0 Å². The zero-order valence-electron chi connectivity index (χ0n) is 17.9. The third kappa shape index (κ3) is 5.37. The molecule has 1 N–H and O–H groups in total. The number of nitrogens with one attached hydrogen (secondary N) is 1. The molecule has 3 aromatic rings. The summed E-state index contributed by atoms with van der Waals surface area (Å²) in [5, 5.41) is 6.32. The Kier molecular flexibility index (Phi) is 7.32. The molecule has 1 aromatic heterocycles. The Hall–Kier alpha value is -2.48. The Morgan fingerprint density at radius 1 is 1.21 bits per heavy atom. The first-order valence-electron chi connectivity index (χ1n) is 10.6. The van der Waals surface area contributed by atoms with Gasteiger partial charge in [0.15, 0.2) is 0 Å². The van der Waals surface area contributed by atoms with E-state index in [-0.39, 0.29) is 22.4 Å². The topological polar surface area (TPSA) is 62.3 Å². The summed E-state index contributed by atoms with van der Waals surface area (Å²) in [5.74, 6) is -1.09. The molecule has 1 aliphatic heterocycles. The van der Waals surface area contributed by atoms with Gasteiger partial charge in [-0.25, -0.2) is 9.37 Å². The van der Waals surface area contributed by atoms with Gasteiger partial charge in [0.05, 0.1) is 15.6 Å². The van der Waals surface area contributed by atoms with Crippen LogP contribution in [0.5, 0.6) is 0 Å². The zero-order chi connectivity index (χ0) is 23.5. The van der Waals surface area contributed by atoms with Crippen molar-refractivity contribution in [1.82, 2.24) is 15.2 Å². The largest absolute Gasteiger partial charge is 0.347 e. The lowest BCUT2D eigenvalue weighted by Gasteiger charge is -2.31. The lowest BCUT2D eigenvalue weighted by molar-refractivity contribution is 0.0708. The molecule has 0 radical (unpaired) electrons. The summed E-state index contributed by atoms with van der Waals surface area (Å²) in [7, 11) is 0. The molecule has 2 aromatic carbocycles. The van der Waals surface area contributed by atoms with Gasteiger partial charge >= 0.3 is 0 Å². The van der Waals surface area contributed by atoms with Crippen molar-refractivity contribution in [1.29, 1.82) is 0 Å². The van der Waals surface area contributed by atoms with E-state index in [1.165, 1.54) is 29.5 Å². The minimum Gasteiger partial charge on any atom is -0.347 e. The van der Waals surface area contributed by atoms with Gasteiger partial charge in [-0.2, -0.15) is 0 Å². The minimum atomic E-state index is -0.612. The van der Waals surface area contributed by atoms with Gasteiger partial charge in [-0.05, 0) is 55.2 Å². The molecule has 0 bridgehead atoms. The molecule has 0 aliphatic carbocycles. The van der Waals surface area contributed by atoms with E-state index in [0.717, 1.165) is 16.1 Å². The summed E-state index contributed by atoms with van der Waals surface area (Å²) in [6.07, 6.45) is 1.38. The summed E-state index contributed by atoms with van der Waals surface area (Å²) in [5.41, 5.74) is 2.31. The molecule has 5 nitrogen and oxygen atoms in total. The Morgan fingerprint density at radius 2 is 1.97 bits per heavy atom. The van der Waals surface area contributed by atoms with Gasteiger partial charge < -0.3 is 10.2 Å². The number of amides is 2. The van der Waals surface area contributed by atoms with E-state index < -0.39 is 11.7 Å². The molecule has 9 heteroatoms. The van der Waals surface area contributed by atoms with Crippen molar-refractivity contribution in [3.63, 3.8) is 0 Å². The van der Waals surface area contributed by atoms with Crippen LogP contribution < -0.4 is 5.32 Å². The van der Waals surface area contributed by atoms with E-state index in [2.05, 4.69) is 10.3 Å². The lowest BCUT2D eigenvalue weighted by atomic mass is 9.97. The average Bonchev–Trinajstić information content (AvgIpc) is 3.29. The van der Waals surface area contributed by atoms with Gasteiger partial charge in [0, 0.05) is 36.0 Å². The number of likely N-dealkylation sites (tertiary alicyclic amines) is 1. The zero-order valence-corrected chi connectivity index (χ0v) is 20.2. The van der Waals surface area contributed by atoms with E-state index in [1.807, 2.05) is 19.1 Å². The number of halogens is 3. The van der Waals surface area contributed by atoms with Crippen LogP contribution in [0.4, 0.5) is 4.39 Å². The number of benzene rings is 2. The van der Waals surface area contributed by atoms with Gasteiger partial charge in [-0.1, -0.05) is 35.3 Å². The number of carbonyl (C=O) groups excluding carboxylic acids is 2. The van der Waals surface area contributed by atoms with Crippen LogP contribution in [0.2, 0.25) is 10.0 Å². The smallest absolute Gasteiger partial charge is 0.271 e. The standard InChI is InChI=1S/C24H22Cl2FN3O2S/c1-14-11-17(25)6-5-16(14)12-28-22(31)20-13-33-23(29-20)15-7-9-30(10-8-15)24(32)21-18(26)3-2-4-19(21)27/h2-6,11,13,15H,7-10,12H2,1H3,(H,28,31). The van der Waals surface area contributed by atoms with Gasteiger partial charge in [0.25, 0.3) is 11.8 Å². The number of piperidine rings is 1. The lowest BCUT2D eigenvalue weighted by Crippen LogP contribution is -2.38. The van der Waals surface area contributed by atoms with Crippen molar-refractivity contribution in [3.05, 3.63) is 85.0 Å². The summed E-state index contributed by atoms with van der Waals surface area (Å²) in [6.45, 7) is 3.30. The fourth-order valence-corrected chi connectivity index (χ4v) is 5.33. The Labute approximate surface area is 205 Å². The first-order chi connectivity index (χ1) is 15.8. The fraction of sp³-hybridized carbons (Fsp3) is 0.292. The number of hydrogen-bond donors (Lipinski definition) is 1. The number of nitrogens with zero attached hydrogens (tertiary/aromatic N) is 2. The van der Waals surface area contributed by atoms with E-state index in [4.69, 9.17) is 23.2 Å². The first-order valence-corrected chi connectivity index (χ1v) is 12.2. The Balaban J connectivity index is 1.34. The summed E-state index contributed by atoms with van der Waals surface area (Å²) in [6, 6.07) is 9.79. The van der Waals surface area contributed by atoms with Crippen molar-refractivity contribution >= 4 is 46.4 Å². The quantitative estimate of drug-likeness (QED) is 0.473. The molecule has 0 saturated carbocycles. The highest BCUT2D eigenvalue weighted by Crippen LogP contribution is 2.32. The van der Waals surface area contributed by atoms with Crippen LogP contribution >= 0.6 is 34.5 Å². The monoisotopic (exact) mass is 505 g/mol. The van der Waals surface area contributed by atoms with E-state index in [1.54, 1.807) is 16.3 Å². The Morgan fingerprint density at radius 3 is 2.67 bits per heavy atom. The summed E-state index contributed by atoms with van der Waals surface area (Å²) in [4.78, 5) is 31.5. The summed E-state index contributed by atoms with van der Waals surface area (Å²) >= 11 is 13.5. The van der Waals surface area contributed by atoms with Crippen LogP contribution in [0, 0.1) is 12.7 Å². The number of rotatable bonds is 5. The normalized spacial score (nSPS) is 14.4. The Bertz CT molecular complexity index is 1170. The summed E-state index contributed by atoms with van der Waals surface area (Å²) < 4.78 is 14.1. The third-order valence-electron chi connectivity index (χ3n) is 5.81. The van der Waals surface area contributed by atoms with Crippen molar-refractivity contribution in [2.24, 2.45) is 0 Å². The molecule has 1 aliphatic rings. The predicted molar refractivity (Wildman–Crippen MR) is 129 cm³/mol. The van der Waals surface area contributed by atoms with Crippen molar-refractivity contribution in [2.75, 3.05) is 13.1 Å². The highest BCUT2D eigenvalue weighted by molar-refractivity contribution is 7.09. The molecular formula is C24H22Cl2FN3O2S. The second-order valence-electron chi connectivity index (χ2n) is 7.99. The van der Waals surface area contributed by atoms with Crippen LogP contribution in [-0.4, -0.2) is 34.8 Å². The van der Waals surface area contributed by atoms with Gasteiger partial charge in [0.1, 0.15) is 11.5 Å². The molecule has 0 atom stereocenters. The van der Waals surface area contributed by atoms with Crippen molar-refractivity contribution in [2.45, 2.75) is 32.2 Å². The van der Waals surface area contributed by atoms with Gasteiger partial charge in [0.2, 0.25) is 0 Å². The van der Waals surface area contributed by atoms with Crippen molar-refractivity contribution < 1.29 is 14.0 Å². The molecule has 2 amide bonds. The maximum Gasteiger partial charge on any atom is 0.271 e. The van der Waals surface area contributed by atoms with Crippen LogP contribution in [0.1, 0.15) is 55.7 Å². The number of hydrogen-bond acceptors (Lipinski definition) is 4. The van der Waals surface area contributed by atoms with Crippen LogP contribution in [0.25, 0.3) is 0 Å². The van der Waals surface area contributed by atoms with E-state index in [0.29, 0.717) is 43.2 Å². The molecule has 1 saturated heterocycles.